The van der Waals surface area contributed by atoms with Crippen molar-refractivity contribution in [3.8, 4) is 5.75 Å². The van der Waals surface area contributed by atoms with Crippen LogP contribution in [-0.2, 0) is 4.79 Å². The number of benzene rings is 1. The molecule has 1 atom stereocenters. The first-order chi connectivity index (χ1) is 9.11. The van der Waals surface area contributed by atoms with Crippen LogP contribution < -0.4 is 10.1 Å². The molecule has 5 heteroatoms. The lowest BCUT2D eigenvalue weighted by atomic mass is 10.2. The number of nitrogens with zero attached hydrogens (tertiary/aromatic N) is 1. The highest BCUT2D eigenvalue weighted by molar-refractivity contribution is 6.30. The second-order valence-corrected chi connectivity index (χ2v) is 5.18. The first-order valence-corrected chi connectivity index (χ1v) is 6.88. The molecule has 2 rings (SSSR count). The summed E-state index contributed by atoms with van der Waals surface area (Å²) in [5.41, 5.74) is 0.745. The minimum Gasteiger partial charge on any atom is -0.495 e. The van der Waals surface area contributed by atoms with Crippen LogP contribution in [0.1, 0.15) is 19.8 Å². The van der Waals surface area contributed by atoms with Gasteiger partial charge in [0.2, 0.25) is 5.91 Å². The Kier molecular flexibility index (Phi) is 4.53. The lowest BCUT2D eigenvalue weighted by molar-refractivity contribution is -0.130. The normalized spacial score (nSPS) is 16.3. The summed E-state index contributed by atoms with van der Waals surface area (Å²) in [6.45, 7) is 3.58. The second-order valence-electron chi connectivity index (χ2n) is 4.74. The van der Waals surface area contributed by atoms with Gasteiger partial charge in [0.15, 0.2) is 0 Å². The molecule has 1 amide bonds. The number of likely N-dealkylation sites (tertiary alicyclic amines) is 1. The fourth-order valence-corrected chi connectivity index (χ4v) is 2.47. The van der Waals surface area contributed by atoms with E-state index in [0.29, 0.717) is 10.8 Å². The number of amides is 1. The Hall–Kier alpha value is -1.42. The van der Waals surface area contributed by atoms with Crippen molar-refractivity contribution >= 4 is 23.2 Å². The highest BCUT2D eigenvalue weighted by Crippen LogP contribution is 2.28. The van der Waals surface area contributed by atoms with Crippen molar-refractivity contribution in [1.29, 1.82) is 0 Å². The van der Waals surface area contributed by atoms with E-state index in [1.54, 1.807) is 25.3 Å². The van der Waals surface area contributed by atoms with Crippen molar-refractivity contribution in [2.75, 3.05) is 25.5 Å². The number of rotatable bonds is 4. The maximum atomic E-state index is 12.2. The largest absolute Gasteiger partial charge is 0.495 e. The zero-order valence-electron chi connectivity index (χ0n) is 11.3. The molecule has 1 aromatic rings. The molecule has 104 valence electrons. The van der Waals surface area contributed by atoms with E-state index in [9.17, 15) is 4.79 Å². The number of anilines is 1. The lowest BCUT2D eigenvalue weighted by Crippen LogP contribution is -2.39. The van der Waals surface area contributed by atoms with Crippen LogP contribution in [0.3, 0.4) is 0 Å². The standard InChI is InChI=1S/C14H19ClN2O2/c1-10(14(18)17-7-3-4-8-17)16-12-9-11(15)5-6-13(12)19-2/h5-6,9-10,16H,3-4,7-8H2,1-2H3. The molecule has 19 heavy (non-hydrogen) atoms. The van der Waals surface area contributed by atoms with E-state index in [1.807, 2.05) is 11.8 Å². The predicted molar refractivity (Wildman–Crippen MR) is 76.9 cm³/mol. The van der Waals surface area contributed by atoms with Gasteiger partial charge in [-0.05, 0) is 38.0 Å². The minimum absolute atomic E-state index is 0.125. The van der Waals surface area contributed by atoms with Gasteiger partial charge >= 0.3 is 0 Å². The number of carbonyl (C=O) groups is 1. The quantitative estimate of drug-likeness (QED) is 0.923. The van der Waals surface area contributed by atoms with Crippen LogP contribution in [0.5, 0.6) is 5.75 Å². The highest BCUT2D eigenvalue weighted by Gasteiger charge is 2.23. The van der Waals surface area contributed by atoms with Crippen molar-refractivity contribution in [3.05, 3.63) is 23.2 Å². The number of ether oxygens (including phenoxy) is 1. The van der Waals surface area contributed by atoms with Crippen molar-refractivity contribution in [2.45, 2.75) is 25.8 Å². The molecule has 1 heterocycles. The van der Waals surface area contributed by atoms with Crippen LogP contribution in [0.4, 0.5) is 5.69 Å². The summed E-state index contributed by atoms with van der Waals surface area (Å²) in [5.74, 6) is 0.810. The second kappa shape index (κ2) is 6.15. The Bertz CT molecular complexity index is 459. The van der Waals surface area contributed by atoms with Gasteiger partial charge in [-0.3, -0.25) is 4.79 Å². The first kappa shape index (κ1) is 14.0. The van der Waals surface area contributed by atoms with Gasteiger partial charge in [0.1, 0.15) is 11.8 Å². The molecule has 1 unspecified atom stereocenters. The lowest BCUT2D eigenvalue weighted by Gasteiger charge is -2.22. The summed E-state index contributed by atoms with van der Waals surface area (Å²) in [7, 11) is 1.60. The predicted octanol–water partition coefficient (Wildman–Crippen LogP) is 2.77. The fraction of sp³-hybridized carbons (Fsp3) is 0.500. The van der Waals surface area contributed by atoms with E-state index in [-0.39, 0.29) is 11.9 Å². The Labute approximate surface area is 118 Å². The molecule has 0 radical (unpaired) electrons. The molecular formula is C14H19ClN2O2. The molecule has 0 saturated carbocycles. The maximum absolute atomic E-state index is 12.2. The number of hydrogen-bond acceptors (Lipinski definition) is 3. The number of carbonyl (C=O) groups excluding carboxylic acids is 1. The van der Waals surface area contributed by atoms with E-state index >= 15 is 0 Å². The van der Waals surface area contributed by atoms with Crippen molar-refractivity contribution in [3.63, 3.8) is 0 Å². The molecule has 1 saturated heterocycles. The summed E-state index contributed by atoms with van der Waals surface area (Å²) >= 11 is 5.97. The molecule has 1 aliphatic rings. The van der Waals surface area contributed by atoms with Gasteiger partial charge in [0.25, 0.3) is 0 Å². The van der Waals surface area contributed by atoms with Crippen molar-refractivity contribution in [2.24, 2.45) is 0 Å². The number of nitrogens with one attached hydrogen (secondary N) is 1. The highest BCUT2D eigenvalue weighted by atomic mass is 35.5. The molecule has 4 nitrogen and oxygen atoms in total. The summed E-state index contributed by atoms with van der Waals surface area (Å²) in [5, 5.41) is 3.79. The molecule has 1 N–H and O–H groups in total. The minimum atomic E-state index is -0.287. The molecular weight excluding hydrogens is 264 g/mol. The Balaban J connectivity index is 2.07. The smallest absolute Gasteiger partial charge is 0.244 e. The zero-order valence-corrected chi connectivity index (χ0v) is 12.0. The van der Waals surface area contributed by atoms with E-state index < -0.39 is 0 Å². The summed E-state index contributed by atoms with van der Waals surface area (Å²) in [6, 6.07) is 5.04. The molecule has 0 bridgehead atoms. The van der Waals surface area contributed by atoms with Gasteiger partial charge in [0.05, 0.1) is 12.8 Å². The molecule has 1 fully saturated rings. The fourth-order valence-electron chi connectivity index (χ4n) is 2.30. The summed E-state index contributed by atoms with van der Waals surface area (Å²) in [4.78, 5) is 14.1. The van der Waals surface area contributed by atoms with E-state index in [1.165, 1.54) is 0 Å². The Morgan fingerprint density at radius 2 is 2.11 bits per heavy atom. The van der Waals surface area contributed by atoms with Gasteiger partial charge < -0.3 is 15.0 Å². The van der Waals surface area contributed by atoms with E-state index in [0.717, 1.165) is 31.6 Å². The van der Waals surface area contributed by atoms with Crippen LogP contribution in [0.25, 0.3) is 0 Å². The van der Waals surface area contributed by atoms with Crippen LogP contribution in [-0.4, -0.2) is 37.0 Å². The van der Waals surface area contributed by atoms with E-state index in [4.69, 9.17) is 16.3 Å². The van der Waals surface area contributed by atoms with Crippen molar-refractivity contribution < 1.29 is 9.53 Å². The number of halogens is 1. The molecule has 1 aromatic carbocycles. The third-order valence-corrected chi connectivity index (χ3v) is 3.56. The summed E-state index contributed by atoms with van der Waals surface area (Å²) in [6.07, 6.45) is 2.19. The van der Waals surface area contributed by atoms with Gasteiger partial charge in [-0.2, -0.15) is 0 Å². The zero-order chi connectivity index (χ0) is 13.8. The monoisotopic (exact) mass is 282 g/mol. The van der Waals surface area contributed by atoms with Crippen LogP contribution in [0, 0.1) is 0 Å². The van der Waals surface area contributed by atoms with E-state index in [2.05, 4.69) is 5.32 Å². The molecule has 0 spiro atoms. The van der Waals surface area contributed by atoms with Crippen LogP contribution >= 0.6 is 11.6 Å². The number of hydrogen-bond donors (Lipinski definition) is 1. The average molecular weight is 283 g/mol. The Morgan fingerprint density at radius 1 is 1.42 bits per heavy atom. The average Bonchev–Trinajstić information content (AvgIpc) is 2.92. The molecule has 0 aliphatic carbocycles. The van der Waals surface area contributed by atoms with Crippen LogP contribution in [0.2, 0.25) is 5.02 Å². The van der Waals surface area contributed by atoms with Crippen molar-refractivity contribution in [1.82, 2.24) is 4.90 Å². The molecule has 1 aliphatic heterocycles. The first-order valence-electron chi connectivity index (χ1n) is 6.50. The third kappa shape index (κ3) is 3.32. The third-order valence-electron chi connectivity index (χ3n) is 3.32. The summed E-state index contributed by atoms with van der Waals surface area (Å²) < 4.78 is 5.26. The van der Waals surface area contributed by atoms with Gasteiger partial charge in [-0.15, -0.1) is 0 Å². The molecule has 0 aromatic heterocycles. The maximum Gasteiger partial charge on any atom is 0.244 e. The van der Waals surface area contributed by atoms with Crippen LogP contribution in [0.15, 0.2) is 18.2 Å². The van der Waals surface area contributed by atoms with Gasteiger partial charge in [-0.25, -0.2) is 0 Å². The van der Waals surface area contributed by atoms with Gasteiger partial charge in [-0.1, -0.05) is 11.6 Å². The van der Waals surface area contributed by atoms with Gasteiger partial charge in [0, 0.05) is 18.1 Å². The Morgan fingerprint density at radius 3 is 2.74 bits per heavy atom. The topological polar surface area (TPSA) is 41.6 Å². The SMILES string of the molecule is COc1ccc(Cl)cc1NC(C)C(=O)N1CCCC1. The number of methoxy groups -OCH3 is 1.